The van der Waals surface area contributed by atoms with Gasteiger partial charge in [0.05, 0.1) is 22.7 Å². The second-order valence-corrected chi connectivity index (χ2v) is 7.96. The molecular formula is C19H19N3O2S2. The van der Waals surface area contributed by atoms with E-state index in [0.29, 0.717) is 19.5 Å². The van der Waals surface area contributed by atoms with Crippen molar-refractivity contribution in [1.29, 1.82) is 0 Å². The molecule has 1 N–H and O–H groups in total. The van der Waals surface area contributed by atoms with Crippen LogP contribution in [0.1, 0.15) is 5.69 Å². The van der Waals surface area contributed by atoms with E-state index >= 15 is 0 Å². The highest BCUT2D eigenvalue weighted by molar-refractivity contribution is 7.20. The fraction of sp³-hybridized carbons (Fsp3) is 0.263. The summed E-state index contributed by atoms with van der Waals surface area (Å²) >= 11 is 3.25. The SMILES string of the molecule is O=C(Cc1csc(-c2cccs2)n1)N1CCN(c2ccccc2O)CC1. The summed E-state index contributed by atoms with van der Waals surface area (Å²) in [4.78, 5) is 22.4. The Balaban J connectivity index is 1.35. The molecule has 0 bridgehead atoms. The Labute approximate surface area is 160 Å². The monoisotopic (exact) mass is 385 g/mol. The zero-order valence-electron chi connectivity index (χ0n) is 14.2. The summed E-state index contributed by atoms with van der Waals surface area (Å²) in [5, 5.41) is 15.0. The first-order valence-corrected chi connectivity index (χ1v) is 10.3. The summed E-state index contributed by atoms with van der Waals surface area (Å²) in [7, 11) is 0. The number of piperazine rings is 1. The molecule has 2 aromatic heterocycles. The van der Waals surface area contributed by atoms with E-state index in [4.69, 9.17) is 0 Å². The maximum absolute atomic E-state index is 12.6. The first-order valence-electron chi connectivity index (χ1n) is 8.50. The molecule has 0 spiro atoms. The molecule has 0 aliphatic carbocycles. The van der Waals surface area contributed by atoms with Gasteiger partial charge in [-0.15, -0.1) is 22.7 Å². The number of phenolic OH excluding ortho intramolecular Hbond substituents is 1. The van der Waals surface area contributed by atoms with Gasteiger partial charge in [-0.25, -0.2) is 4.98 Å². The maximum atomic E-state index is 12.6. The van der Waals surface area contributed by atoms with Crippen LogP contribution in [0.2, 0.25) is 0 Å². The van der Waals surface area contributed by atoms with Crippen molar-refractivity contribution >= 4 is 34.3 Å². The Morgan fingerprint density at radius 2 is 1.88 bits per heavy atom. The van der Waals surface area contributed by atoms with Gasteiger partial charge in [0.15, 0.2) is 0 Å². The van der Waals surface area contributed by atoms with Crippen LogP contribution in [0.4, 0.5) is 5.69 Å². The van der Waals surface area contributed by atoms with E-state index in [1.54, 1.807) is 28.7 Å². The number of rotatable bonds is 4. The topological polar surface area (TPSA) is 56.7 Å². The predicted octanol–water partition coefficient (Wildman–Crippen LogP) is 3.47. The number of thiophene rings is 1. The van der Waals surface area contributed by atoms with E-state index in [1.165, 1.54) is 0 Å². The number of thiazole rings is 1. The second-order valence-electron chi connectivity index (χ2n) is 6.15. The van der Waals surface area contributed by atoms with Crippen LogP contribution in [-0.4, -0.2) is 47.1 Å². The minimum absolute atomic E-state index is 0.116. The van der Waals surface area contributed by atoms with Gasteiger partial charge in [0, 0.05) is 31.6 Å². The first-order chi connectivity index (χ1) is 12.7. The van der Waals surface area contributed by atoms with Crippen molar-refractivity contribution in [3.63, 3.8) is 0 Å². The maximum Gasteiger partial charge on any atom is 0.228 e. The van der Waals surface area contributed by atoms with Crippen molar-refractivity contribution in [3.05, 3.63) is 52.9 Å². The fourth-order valence-corrected chi connectivity index (χ4v) is 4.73. The molecule has 0 radical (unpaired) electrons. The van der Waals surface area contributed by atoms with Crippen molar-refractivity contribution in [2.45, 2.75) is 6.42 Å². The van der Waals surface area contributed by atoms with Crippen LogP contribution in [0.15, 0.2) is 47.2 Å². The highest BCUT2D eigenvalue weighted by atomic mass is 32.1. The van der Waals surface area contributed by atoms with E-state index < -0.39 is 0 Å². The van der Waals surface area contributed by atoms with Crippen LogP contribution >= 0.6 is 22.7 Å². The normalized spacial score (nSPS) is 14.6. The van der Waals surface area contributed by atoms with Gasteiger partial charge in [-0.05, 0) is 23.6 Å². The molecule has 134 valence electrons. The molecular weight excluding hydrogens is 366 g/mol. The number of para-hydroxylation sites is 2. The number of anilines is 1. The van der Waals surface area contributed by atoms with Crippen LogP contribution in [0, 0.1) is 0 Å². The van der Waals surface area contributed by atoms with Crippen molar-refractivity contribution in [3.8, 4) is 15.6 Å². The minimum Gasteiger partial charge on any atom is -0.506 e. The number of amides is 1. The van der Waals surface area contributed by atoms with E-state index in [1.807, 2.05) is 46.0 Å². The second kappa shape index (κ2) is 7.47. The van der Waals surface area contributed by atoms with Gasteiger partial charge in [0.1, 0.15) is 10.8 Å². The van der Waals surface area contributed by atoms with Crippen LogP contribution in [-0.2, 0) is 11.2 Å². The zero-order valence-corrected chi connectivity index (χ0v) is 15.8. The summed E-state index contributed by atoms with van der Waals surface area (Å²) in [5.74, 6) is 0.404. The Kier molecular flexibility index (Phi) is 4.90. The molecule has 1 aliphatic rings. The molecule has 1 saturated heterocycles. The van der Waals surface area contributed by atoms with E-state index in [2.05, 4.69) is 9.88 Å². The highest BCUT2D eigenvalue weighted by Gasteiger charge is 2.23. The number of hydrogen-bond donors (Lipinski definition) is 1. The quantitative estimate of drug-likeness (QED) is 0.747. The summed E-state index contributed by atoms with van der Waals surface area (Å²) in [6.45, 7) is 2.77. The van der Waals surface area contributed by atoms with Crippen molar-refractivity contribution in [2.75, 3.05) is 31.1 Å². The van der Waals surface area contributed by atoms with Gasteiger partial charge >= 0.3 is 0 Å². The van der Waals surface area contributed by atoms with Gasteiger partial charge in [0.2, 0.25) is 5.91 Å². The molecule has 1 fully saturated rings. The number of aromatic hydroxyl groups is 1. The predicted molar refractivity (Wildman–Crippen MR) is 106 cm³/mol. The molecule has 1 aliphatic heterocycles. The van der Waals surface area contributed by atoms with Gasteiger partial charge in [-0.2, -0.15) is 0 Å². The van der Waals surface area contributed by atoms with E-state index in [0.717, 1.165) is 34.4 Å². The number of carbonyl (C=O) groups excluding carboxylic acids is 1. The zero-order chi connectivity index (χ0) is 17.9. The summed E-state index contributed by atoms with van der Waals surface area (Å²) in [6, 6.07) is 11.4. The minimum atomic E-state index is 0.116. The lowest BCUT2D eigenvalue weighted by Crippen LogP contribution is -2.49. The van der Waals surface area contributed by atoms with E-state index in [-0.39, 0.29) is 11.7 Å². The molecule has 7 heteroatoms. The molecule has 3 aromatic rings. The van der Waals surface area contributed by atoms with Crippen molar-refractivity contribution < 1.29 is 9.90 Å². The lowest BCUT2D eigenvalue weighted by atomic mass is 10.2. The Bertz CT molecular complexity index is 884. The van der Waals surface area contributed by atoms with Crippen molar-refractivity contribution in [1.82, 2.24) is 9.88 Å². The lowest BCUT2D eigenvalue weighted by Gasteiger charge is -2.36. The molecule has 26 heavy (non-hydrogen) atoms. The third-order valence-electron chi connectivity index (χ3n) is 4.47. The molecule has 4 rings (SSSR count). The molecule has 1 amide bonds. The number of nitrogens with zero attached hydrogens (tertiary/aromatic N) is 3. The fourth-order valence-electron chi connectivity index (χ4n) is 3.10. The average Bonchev–Trinajstić information content (AvgIpc) is 3.34. The van der Waals surface area contributed by atoms with E-state index in [9.17, 15) is 9.90 Å². The van der Waals surface area contributed by atoms with Crippen LogP contribution < -0.4 is 4.90 Å². The number of hydrogen-bond acceptors (Lipinski definition) is 6. The van der Waals surface area contributed by atoms with Crippen LogP contribution in [0.5, 0.6) is 5.75 Å². The standard InChI is InChI=1S/C19H19N3O2S2/c23-16-5-2-1-4-15(16)21-7-9-22(10-8-21)18(24)12-14-13-26-19(20-14)17-6-3-11-25-17/h1-6,11,13,23H,7-10,12H2. The third-order valence-corrected chi connectivity index (χ3v) is 6.40. The largest absolute Gasteiger partial charge is 0.506 e. The number of benzene rings is 1. The number of phenols is 1. The van der Waals surface area contributed by atoms with Gasteiger partial charge in [0.25, 0.3) is 0 Å². The molecule has 0 saturated carbocycles. The molecule has 0 unspecified atom stereocenters. The van der Waals surface area contributed by atoms with Crippen LogP contribution in [0.25, 0.3) is 9.88 Å². The molecule has 1 aromatic carbocycles. The lowest BCUT2D eigenvalue weighted by molar-refractivity contribution is -0.130. The van der Waals surface area contributed by atoms with Crippen molar-refractivity contribution in [2.24, 2.45) is 0 Å². The Morgan fingerprint density at radius 1 is 1.08 bits per heavy atom. The number of carbonyl (C=O) groups is 1. The van der Waals surface area contributed by atoms with Gasteiger partial charge < -0.3 is 14.9 Å². The van der Waals surface area contributed by atoms with Crippen LogP contribution in [0.3, 0.4) is 0 Å². The summed E-state index contributed by atoms with van der Waals surface area (Å²) in [5.41, 5.74) is 1.67. The molecule has 5 nitrogen and oxygen atoms in total. The average molecular weight is 386 g/mol. The number of aromatic nitrogens is 1. The Hall–Kier alpha value is -2.38. The highest BCUT2D eigenvalue weighted by Crippen LogP contribution is 2.29. The Morgan fingerprint density at radius 3 is 2.62 bits per heavy atom. The van der Waals surface area contributed by atoms with Gasteiger partial charge in [-0.3, -0.25) is 4.79 Å². The molecule has 0 atom stereocenters. The smallest absolute Gasteiger partial charge is 0.228 e. The third kappa shape index (κ3) is 3.59. The summed E-state index contributed by atoms with van der Waals surface area (Å²) in [6.07, 6.45) is 0.346. The first kappa shape index (κ1) is 17.1. The summed E-state index contributed by atoms with van der Waals surface area (Å²) < 4.78 is 0. The molecule has 3 heterocycles. The van der Waals surface area contributed by atoms with Gasteiger partial charge in [-0.1, -0.05) is 18.2 Å².